The van der Waals surface area contributed by atoms with Gasteiger partial charge in [-0.25, -0.2) is 13.1 Å². The number of carbonyl (C=O) groups is 2. The summed E-state index contributed by atoms with van der Waals surface area (Å²) in [7, 11) is -3.97. The highest BCUT2D eigenvalue weighted by Crippen LogP contribution is 2.26. The van der Waals surface area contributed by atoms with Crippen molar-refractivity contribution in [1.82, 2.24) is 14.6 Å². The zero-order chi connectivity index (χ0) is 23.3. The Morgan fingerprint density at radius 2 is 1.81 bits per heavy atom. The van der Waals surface area contributed by atoms with Crippen molar-refractivity contribution in [2.24, 2.45) is 0 Å². The fourth-order valence-corrected chi connectivity index (χ4v) is 5.55. The Bertz CT molecular complexity index is 1090. The molecular formula is C23H32N4O4S. The van der Waals surface area contributed by atoms with Crippen LogP contribution >= 0.6 is 0 Å². The van der Waals surface area contributed by atoms with Crippen LogP contribution in [0.15, 0.2) is 29.2 Å². The van der Waals surface area contributed by atoms with Gasteiger partial charge in [-0.2, -0.15) is 0 Å². The molecule has 8 nitrogen and oxygen atoms in total. The van der Waals surface area contributed by atoms with Gasteiger partial charge < -0.3 is 15.2 Å². The van der Waals surface area contributed by atoms with E-state index in [0.717, 1.165) is 31.2 Å². The molecule has 1 saturated heterocycles. The van der Waals surface area contributed by atoms with Crippen LogP contribution in [0.4, 0.5) is 5.69 Å². The number of aromatic nitrogens is 1. The van der Waals surface area contributed by atoms with E-state index in [1.165, 1.54) is 0 Å². The van der Waals surface area contributed by atoms with E-state index in [4.69, 9.17) is 0 Å². The van der Waals surface area contributed by atoms with Crippen molar-refractivity contribution in [2.45, 2.75) is 57.8 Å². The lowest BCUT2D eigenvalue weighted by Gasteiger charge is -2.27. The zero-order valence-corrected chi connectivity index (χ0v) is 19.8. The van der Waals surface area contributed by atoms with Crippen LogP contribution in [-0.2, 0) is 21.2 Å². The second kappa shape index (κ2) is 10.3. The Morgan fingerprint density at radius 1 is 1.09 bits per heavy atom. The number of H-pyrrole nitrogens is 1. The molecule has 0 spiro atoms. The second-order valence-corrected chi connectivity index (χ2v) is 9.89. The molecule has 0 bridgehead atoms. The molecule has 3 N–H and O–H groups in total. The largest absolute Gasteiger partial charge is 0.361 e. The topological polar surface area (TPSA) is 111 Å². The predicted octanol–water partition coefficient (Wildman–Crippen LogP) is 3.13. The van der Waals surface area contributed by atoms with Gasteiger partial charge in [0.15, 0.2) is 0 Å². The molecule has 0 unspecified atom stereocenters. The van der Waals surface area contributed by atoms with Crippen LogP contribution in [0.2, 0.25) is 0 Å². The van der Waals surface area contributed by atoms with Crippen molar-refractivity contribution >= 4 is 27.5 Å². The third-order valence-corrected chi connectivity index (χ3v) is 7.34. The van der Waals surface area contributed by atoms with Gasteiger partial charge in [0.1, 0.15) is 4.90 Å². The molecule has 9 heteroatoms. The van der Waals surface area contributed by atoms with Crippen molar-refractivity contribution in [3.63, 3.8) is 0 Å². The van der Waals surface area contributed by atoms with E-state index in [-0.39, 0.29) is 35.2 Å². The van der Waals surface area contributed by atoms with Crippen LogP contribution in [0.3, 0.4) is 0 Å². The SMILES string of the molecule is CCc1cccc(NC(=O)CCNS(=O)(=O)c2c(C)[nH]c(C)c2C(=O)N2CCCCC2)c1. The van der Waals surface area contributed by atoms with Gasteiger partial charge in [0.2, 0.25) is 15.9 Å². The summed E-state index contributed by atoms with van der Waals surface area (Å²) < 4.78 is 28.6. The lowest BCUT2D eigenvalue weighted by atomic mass is 10.1. The van der Waals surface area contributed by atoms with Crippen LogP contribution in [-0.4, -0.2) is 49.8 Å². The standard InChI is InChI=1S/C23H32N4O4S/c1-4-18-9-8-10-19(15-18)26-20(28)11-12-24-32(30,31)22-17(3)25-16(2)21(22)23(29)27-13-6-5-7-14-27/h8-10,15,24-25H,4-7,11-14H2,1-3H3,(H,26,28). The number of rotatable bonds is 8. The Labute approximate surface area is 189 Å². The molecular weight excluding hydrogens is 428 g/mol. The van der Waals surface area contributed by atoms with E-state index in [1.807, 2.05) is 25.1 Å². The Morgan fingerprint density at radius 3 is 2.50 bits per heavy atom. The van der Waals surface area contributed by atoms with Crippen molar-refractivity contribution < 1.29 is 18.0 Å². The number of hydrogen-bond acceptors (Lipinski definition) is 4. The van der Waals surface area contributed by atoms with E-state index in [9.17, 15) is 18.0 Å². The Kier molecular flexibility index (Phi) is 7.73. The fraction of sp³-hybridized carbons (Fsp3) is 0.478. The molecule has 0 radical (unpaired) electrons. The highest BCUT2D eigenvalue weighted by molar-refractivity contribution is 7.89. The maximum atomic E-state index is 13.1. The maximum absolute atomic E-state index is 13.1. The number of likely N-dealkylation sites (tertiary alicyclic amines) is 1. The third-order valence-electron chi connectivity index (χ3n) is 5.71. The molecule has 3 rings (SSSR count). The normalized spacial score (nSPS) is 14.4. The number of aryl methyl sites for hydroxylation is 3. The average Bonchev–Trinajstić information content (AvgIpc) is 3.08. The number of amides is 2. The van der Waals surface area contributed by atoms with Crippen LogP contribution < -0.4 is 10.0 Å². The van der Waals surface area contributed by atoms with Crippen LogP contribution in [0.1, 0.15) is 59.9 Å². The third kappa shape index (κ3) is 5.58. The molecule has 1 aliphatic heterocycles. The molecule has 2 amide bonds. The monoisotopic (exact) mass is 460 g/mol. The Hall–Kier alpha value is -2.65. The van der Waals surface area contributed by atoms with Crippen molar-refractivity contribution in [3.05, 3.63) is 46.8 Å². The number of aromatic amines is 1. The quantitative estimate of drug-likeness (QED) is 0.562. The van der Waals surface area contributed by atoms with Crippen LogP contribution in [0, 0.1) is 13.8 Å². The number of anilines is 1. The number of benzene rings is 1. The molecule has 0 saturated carbocycles. The predicted molar refractivity (Wildman–Crippen MR) is 124 cm³/mol. The lowest BCUT2D eigenvalue weighted by Crippen LogP contribution is -2.37. The molecule has 1 aromatic carbocycles. The molecule has 1 aliphatic rings. The van der Waals surface area contributed by atoms with Gasteiger partial charge in [-0.05, 0) is 57.2 Å². The van der Waals surface area contributed by atoms with Gasteiger partial charge in [-0.3, -0.25) is 9.59 Å². The first-order valence-electron chi connectivity index (χ1n) is 11.1. The van der Waals surface area contributed by atoms with Crippen LogP contribution in [0.25, 0.3) is 0 Å². The summed E-state index contributed by atoms with van der Waals surface area (Å²) in [5.74, 6) is -0.548. The van der Waals surface area contributed by atoms with E-state index in [0.29, 0.717) is 30.2 Å². The highest BCUT2D eigenvalue weighted by Gasteiger charge is 2.31. The molecule has 2 heterocycles. The van der Waals surface area contributed by atoms with Gasteiger partial charge in [0.25, 0.3) is 5.91 Å². The molecule has 0 aliphatic carbocycles. The van der Waals surface area contributed by atoms with Gasteiger partial charge in [0.05, 0.1) is 5.56 Å². The molecule has 174 valence electrons. The lowest BCUT2D eigenvalue weighted by molar-refractivity contribution is -0.116. The minimum Gasteiger partial charge on any atom is -0.361 e. The summed E-state index contributed by atoms with van der Waals surface area (Å²) in [6, 6.07) is 7.54. The maximum Gasteiger partial charge on any atom is 0.257 e. The first-order valence-corrected chi connectivity index (χ1v) is 12.6. The number of hydrogen-bond donors (Lipinski definition) is 3. The summed E-state index contributed by atoms with van der Waals surface area (Å²) in [5.41, 5.74) is 2.93. The number of nitrogens with zero attached hydrogens (tertiary/aromatic N) is 1. The molecule has 2 aromatic rings. The van der Waals surface area contributed by atoms with Crippen molar-refractivity contribution in [2.75, 3.05) is 25.0 Å². The summed E-state index contributed by atoms with van der Waals surface area (Å²) in [5, 5.41) is 2.79. The van der Waals surface area contributed by atoms with E-state index in [1.54, 1.807) is 24.8 Å². The minimum absolute atomic E-state index is 0.0204. The first kappa shape index (κ1) is 24.0. The van der Waals surface area contributed by atoms with E-state index < -0.39 is 10.0 Å². The zero-order valence-electron chi connectivity index (χ0n) is 19.0. The summed E-state index contributed by atoms with van der Waals surface area (Å²) >= 11 is 0. The second-order valence-electron chi connectivity index (χ2n) is 8.18. The summed E-state index contributed by atoms with van der Waals surface area (Å²) in [4.78, 5) is 30.1. The molecule has 1 aromatic heterocycles. The van der Waals surface area contributed by atoms with Gasteiger partial charge in [-0.1, -0.05) is 19.1 Å². The number of nitrogens with one attached hydrogen (secondary N) is 3. The fourth-order valence-electron chi connectivity index (χ4n) is 4.07. The number of carbonyl (C=O) groups excluding carboxylic acids is 2. The van der Waals surface area contributed by atoms with E-state index in [2.05, 4.69) is 15.0 Å². The van der Waals surface area contributed by atoms with Gasteiger partial charge in [0, 0.05) is 43.1 Å². The minimum atomic E-state index is -3.97. The van der Waals surface area contributed by atoms with Crippen LogP contribution in [0.5, 0.6) is 0 Å². The number of piperidine rings is 1. The average molecular weight is 461 g/mol. The number of sulfonamides is 1. The highest BCUT2D eigenvalue weighted by atomic mass is 32.2. The Balaban J connectivity index is 1.67. The smallest absolute Gasteiger partial charge is 0.257 e. The first-order chi connectivity index (χ1) is 15.2. The summed E-state index contributed by atoms with van der Waals surface area (Å²) in [6.45, 7) is 6.58. The summed E-state index contributed by atoms with van der Waals surface area (Å²) in [6.07, 6.45) is 3.76. The molecule has 0 atom stereocenters. The van der Waals surface area contributed by atoms with Gasteiger partial charge in [-0.15, -0.1) is 0 Å². The van der Waals surface area contributed by atoms with Gasteiger partial charge >= 0.3 is 0 Å². The van der Waals surface area contributed by atoms with Crippen molar-refractivity contribution in [3.8, 4) is 0 Å². The molecule has 32 heavy (non-hydrogen) atoms. The van der Waals surface area contributed by atoms with Crippen molar-refractivity contribution in [1.29, 1.82) is 0 Å². The van der Waals surface area contributed by atoms with E-state index >= 15 is 0 Å². The molecule has 1 fully saturated rings.